The summed E-state index contributed by atoms with van der Waals surface area (Å²) in [6.45, 7) is 0.923. The summed E-state index contributed by atoms with van der Waals surface area (Å²) in [5, 5.41) is 11.5. The Morgan fingerprint density at radius 3 is 2.52 bits per heavy atom. The first-order valence-corrected chi connectivity index (χ1v) is 11.2. The first-order chi connectivity index (χ1) is 15.8. The molecule has 2 fully saturated rings. The normalized spacial score (nSPS) is 22.1. The van der Waals surface area contributed by atoms with Gasteiger partial charge in [0, 0.05) is 38.5 Å². The van der Waals surface area contributed by atoms with E-state index in [2.05, 4.69) is 0 Å². The maximum Gasteiger partial charge on any atom is 0.295 e. The van der Waals surface area contributed by atoms with Gasteiger partial charge in [-0.3, -0.25) is 9.59 Å². The number of aliphatic hydroxyl groups is 1. The summed E-state index contributed by atoms with van der Waals surface area (Å²) in [7, 11) is 5.37. The number of benzene rings is 2. The van der Waals surface area contributed by atoms with Crippen molar-refractivity contribution >= 4 is 34.7 Å². The van der Waals surface area contributed by atoms with Crippen molar-refractivity contribution < 1.29 is 24.2 Å². The van der Waals surface area contributed by atoms with Gasteiger partial charge >= 0.3 is 0 Å². The number of hydrogen-bond donors (Lipinski definition) is 1. The Hall–Kier alpha value is -3.03. The molecule has 2 heterocycles. The summed E-state index contributed by atoms with van der Waals surface area (Å²) >= 11 is 6.25. The van der Waals surface area contributed by atoms with Crippen LogP contribution in [0.5, 0.6) is 5.75 Å². The van der Waals surface area contributed by atoms with Crippen molar-refractivity contribution in [2.75, 3.05) is 39.3 Å². The minimum Gasteiger partial charge on any atom is -0.507 e. The molecule has 1 amide bonds. The molecule has 0 aliphatic carbocycles. The van der Waals surface area contributed by atoms with E-state index in [1.807, 2.05) is 43.3 Å². The van der Waals surface area contributed by atoms with E-state index < -0.39 is 17.7 Å². The maximum absolute atomic E-state index is 13.2. The monoisotopic (exact) mass is 470 g/mol. The Bertz CT molecular complexity index is 1090. The molecule has 2 aliphatic heterocycles. The Morgan fingerprint density at radius 1 is 1.21 bits per heavy atom. The Labute approximate surface area is 198 Å². The van der Waals surface area contributed by atoms with Gasteiger partial charge in [-0.1, -0.05) is 23.7 Å². The van der Waals surface area contributed by atoms with E-state index in [0.717, 1.165) is 24.1 Å². The van der Waals surface area contributed by atoms with Crippen molar-refractivity contribution in [3.05, 3.63) is 64.2 Å². The lowest BCUT2D eigenvalue weighted by Crippen LogP contribution is -2.36. The molecule has 33 heavy (non-hydrogen) atoms. The van der Waals surface area contributed by atoms with Crippen LogP contribution in [0.3, 0.4) is 0 Å². The fraction of sp³-hybridized carbons (Fsp3) is 0.360. The maximum atomic E-state index is 13.2. The zero-order valence-electron chi connectivity index (χ0n) is 18.9. The van der Waals surface area contributed by atoms with Crippen LogP contribution in [0.2, 0.25) is 5.02 Å². The summed E-state index contributed by atoms with van der Waals surface area (Å²) in [5.41, 5.74) is 2.10. The fourth-order valence-electron chi connectivity index (χ4n) is 4.35. The number of ether oxygens (including phenoxy) is 2. The zero-order valence-corrected chi connectivity index (χ0v) is 19.6. The van der Waals surface area contributed by atoms with Crippen molar-refractivity contribution in [1.29, 1.82) is 0 Å². The van der Waals surface area contributed by atoms with Crippen molar-refractivity contribution in [3.63, 3.8) is 0 Å². The van der Waals surface area contributed by atoms with Gasteiger partial charge in [-0.05, 0) is 48.7 Å². The topological polar surface area (TPSA) is 79.3 Å². The number of carbonyl (C=O) groups excluding carboxylic acids is 2. The van der Waals surface area contributed by atoms with E-state index in [1.165, 1.54) is 18.1 Å². The highest BCUT2D eigenvalue weighted by Gasteiger charge is 2.47. The van der Waals surface area contributed by atoms with Crippen LogP contribution in [0.25, 0.3) is 5.76 Å². The molecule has 2 aromatic rings. The lowest BCUT2D eigenvalue weighted by Gasteiger charge is -2.28. The van der Waals surface area contributed by atoms with E-state index in [1.54, 1.807) is 12.1 Å². The number of rotatable bonds is 6. The third kappa shape index (κ3) is 4.43. The Balaban J connectivity index is 1.81. The lowest BCUT2D eigenvalue weighted by molar-refractivity contribution is -0.140. The molecule has 0 radical (unpaired) electrons. The number of likely N-dealkylation sites (tertiary alicyclic amines) is 1. The molecule has 2 atom stereocenters. The molecule has 2 saturated heterocycles. The second-order valence-corrected chi connectivity index (χ2v) is 8.83. The molecule has 0 saturated carbocycles. The first kappa shape index (κ1) is 23.1. The van der Waals surface area contributed by atoms with Crippen LogP contribution in [-0.2, 0) is 14.3 Å². The third-order valence-electron chi connectivity index (χ3n) is 6.11. The van der Waals surface area contributed by atoms with E-state index in [0.29, 0.717) is 22.9 Å². The number of Topliss-reactive ketones (excluding diaryl/α,β-unsaturated/α-hetero) is 1. The molecule has 4 rings (SSSR count). The number of amides is 1. The van der Waals surface area contributed by atoms with Gasteiger partial charge < -0.3 is 24.4 Å². The molecule has 0 bridgehead atoms. The number of methoxy groups -OCH3 is 1. The highest BCUT2D eigenvalue weighted by Crippen LogP contribution is 2.41. The molecule has 2 aliphatic rings. The second kappa shape index (κ2) is 9.45. The molecule has 174 valence electrons. The SMILES string of the molecule is COc1ccc(/C(O)=C2/C(=O)C(=O)N(CC3CCCO3)C2c2ccc(N(C)C)cc2)cc1Cl. The predicted molar refractivity (Wildman–Crippen MR) is 127 cm³/mol. The Kier molecular flexibility index (Phi) is 6.63. The first-order valence-electron chi connectivity index (χ1n) is 10.8. The molecule has 1 N–H and O–H groups in total. The average Bonchev–Trinajstić information content (AvgIpc) is 3.41. The number of hydrogen-bond acceptors (Lipinski definition) is 6. The molecule has 2 unspecified atom stereocenters. The third-order valence-corrected chi connectivity index (χ3v) is 6.41. The highest BCUT2D eigenvalue weighted by molar-refractivity contribution is 6.46. The lowest BCUT2D eigenvalue weighted by atomic mass is 9.95. The molecular weight excluding hydrogens is 444 g/mol. The van der Waals surface area contributed by atoms with Gasteiger partial charge in [0.25, 0.3) is 11.7 Å². The molecular formula is C25H27ClN2O5. The minimum absolute atomic E-state index is 0.0387. The van der Waals surface area contributed by atoms with Gasteiger partial charge in [0.05, 0.1) is 29.9 Å². The van der Waals surface area contributed by atoms with Crippen LogP contribution in [-0.4, -0.2) is 62.2 Å². The van der Waals surface area contributed by atoms with Gasteiger partial charge in [-0.2, -0.15) is 0 Å². The van der Waals surface area contributed by atoms with Gasteiger partial charge in [0.2, 0.25) is 0 Å². The largest absolute Gasteiger partial charge is 0.507 e. The number of ketones is 1. The van der Waals surface area contributed by atoms with Crippen molar-refractivity contribution in [3.8, 4) is 5.75 Å². The van der Waals surface area contributed by atoms with Gasteiger partial charge in [-0.25, -0.2) is 0 Å². The summed E-state index contributed by atoms with van der Waals surface area (Å²) in [6.07, 6.45) is 1.60. The molecule has 2 aromatic carbocycles. The van der Waals surface area contributed by atoms with Crippen LogP contribution >= 0.6 is 11.6 Å². The predicted octanol–water partition coefficient (Wildman–Crippen LogP) is 4.02. The number of anilines is 1. The number of halogens is 1. The van der Waals surface area contributed by atoms with E-state index in [-0.39, 0.29) is 24.0 Å². The molecule has 0 spiro atoms. The highest BCUT2D eigenvalue weighted by atomic mass is 35.5. The van der Waals surface area contributed by atoms with Gasteiger partial charge in [-0.15, -0.1) is 0 Å². The summed E-state index contributed by atoms with van der Waals surface area (Å²) in [5.74, 6) is -1.19. The van der Waals surface area contributed by atoms with Crippen LogP contribution in [0, 0.1) is 0 Å². The number of nitrogens with zero attached hydrogens (tertiary/aromatic N) is 2. The van der Waals surface area contributed by atoms with E-state index in [4.69, 9.17) is 21.1 Å². The summed E-state index contributed by atoms with van der Waals surface area (Å²) in [6, 6.07) is 11.6. The van der Waals surface area contributed by atoms with Crippen molar-refractivity contribution in [2.24, 2.45) is 0 Å². The van der Waals surface area contributed by atoms with Crippen molar-refractivity contribution in [1.82, 2.24) is 4.90 Å². The summed E-state index contributed by atoms with van der Waals surface area (Å²) in [4.78, 5) is 29.7. The zero-order chi connectivity index (χ0) is 23.7. The van der Waals surface area contributed by atoms with Crippen molar-refractivity contribution in [2.45, 2.75) is 25.0 Å². The molecule has 0 aromatic heterocycles. The van der Waals surface area contributed by atoms with Crippen LogP contribution in [0.4, 0.5) is 5.69 Å². The summed E-state index contributed by atoms with van der Waals surface area (Å²) < 4.78 is 10.9. The molecule has 8 heteroatoms. The van der Waals surface area contributed by atoms with E-state index in [9.17, 15) is 14.7 Å². The van der Waals surface area contributed by atoms with Crippen LogP contribution in [0.15, 0.2) is 48.0 Å². The standard InChI is InChI=1S/C25H27ClN2O5/c1-27(2)17-9-6-15(7-10-17)22-21(23(29)16-8-11-20(32-3)19(26)13-16)24(30)25(31)28(22)14-18-5-4-12-33-18/h6-11,13,18,22,29H,4-5,12,14H2,1-3H3/b23-21-. The average molecular weight is 471 g/mol. The molecule has 7 nitrogen and oxygen atoms in total. The minimum atomic E-state index is -0.730. The van der Waals surface area contributed by atoms with E-state index >= 15 is 0 Å². The van der Waals surface area contributed by atoms with Gasteiger partial charge in [0.15, 0.2) is 0 Å². The quantitative estimate of drug-likeness (QED) is 0.390. The van der Waals surface area contributed by atoms with Crippen LogP contribution in [0.1, 0.15) is 30.0 Å². The van der Waals surface area contributed by atoms with Crippen LogP contribution < -0.4 is 9.64 Å². The van der Waals surface area contributed by atoms with Gasteiger partial charge in [0.1, 0.15) is 11.5 Å². The number of carbonyl (C=O) groups is 2. The fourth-order valence-corrected chi connectivity index (χ4v) is 4.60. The smallest absolute Gasteiger partial charge is 0.295 e. The Morgan fingerprint density at radius 2 is 1.94 bits per heavy atom. The second-order valence-electron chi connectivity index (χ2n) is 8.42. The number of aliphatic hydroxyl groups excluding tert-OH is 1.